The van der Waals surface area contributed by atoms with Crippen LogP contribution in [-0.2, 0) is 17.8 Å². The fourth-order valence-electron chi connectivity index (χ4n) is 1.65. The molecule has 0 spiro atoms. The van der Waals surface area contributed by atoms with Crippen LogP contribution in [-0.4, -0.2) is 42.7 Å². The SMILES string of the molecule is CC(CN(C)C)NCc1ccc(CC(=O)O)s1. The van der Waals surface area contributed by atoms with E-state index in [9.17, 15) is 4.79 Å². The third kappa shape index (κ3) is 5.81. The van der Waals surface area contributed by atoms with Gasteiger partial charge in [0.1, 0.15) is 0 Å². The molecule has 1 heterocycles. The smallest absolute Gasteiger partial charge is 0.308 e. The number of nitrogens with zero attached hydrogens (tertiary/aromatic N) is 1. The van der Waals surface area contributed by atoms with Gasteiger partial charge in [0.15, 0.2) is 0 Å². The number of carbonyl (C=O) groups is 1. The second kappa shape index (κ2) is 6.74. The molecule has 0 aromatic carbocycles. The van der Waals surface area contributed by atoms with Crippen molar-refractivity contribution in [3.8, 4) is 0 Å². The zero-order chi connectivity index (χ0) is 12.8. The summed E-state index contributed by atoms with van der Waals surface area (Å²) in [5.74, 6) is -0.771. The molecular weight excluding hydrogens is 236 g/mol. The van der Waals surface area contributed by atoms with E-state index >= 15 is 0 Å². The second-order valence-electron chi connectivity index (χ2n) is 4.48. The van der Waals surface area contributed by atoms with Crippen molar-refractivity contribution in [2.45, 2.75) is 25.9 Å². The van der Waals surface area contributed by atoms with E-state index in [1.54, 1.807) is 11.3 Å². The molecule has 1 unspecified atom stereocenters. The normalized spacial score (nSPS) is 12.9. The summed E-state index contributed by atoms with van der Waals surface area (Å²) in [5.41, 5.74) is 0. The van der Waals surface area contributed by atoms with Gasteiger partial charge in [0.05, 0.1) is 6.42 Å². The van der Waals surface area contributed by atoms with E-state index in [1.165, 1.54) is 4.88 Å². The largest absolute Gasteiger partial charge is 0.481 e. The van der Waals surface area contributed by atoms with Crippen LogP contribution in [0.3, 0.4) is 0 Å². The molecule has 5 heteroatoms. The monoisotopic (exact) mass is 256 g/mol. The number of likely N-dealkylation sites (N-methyl/N-ethyl adjacent to an activating group) is 1. The maximum Gasteiger partial charge on any atom is 0.308 e. The summed E-state index contributed by atoms with van der Waals surface area (Å²) in [7, 11) is 4.10. The number of rotatable bonds is 7. The van der Waals surface area contributed by atoms with Crippen LogP contribution in [0.15, 0.2) is 12.1 Å². The molecule has 0 aliphatic carbocycles. The average Bonchev–Trinajstić information content (AvgIpc) is 2.60. The molecule has 0 aliphatic rings. The molecule has 1 aromatic rings. The van der Waals surface area contributed by atoms with E-state index in [0.717, 1.165) is 18.0 Å². The molecule has 1 aromatic heterocycles. The van der Waals surface area contributed by atoms with Crippen LogP contribution in [0.4, 0.5) is 0 Å². The van der Waals surface area contributed by atoms with E-state index < -0.39 is 5.97 Å². The van der Waals surface area contributed by atoms with Gasteiger partial charge in [-0.25, -0.2) is 0 Å². The summed E-state index contributed by atoms with van der Waals surface area (Å²) in [6.07, 6.45) is 0.123. The van der Waals surface area contributed by atoms with E-state index in [1.807, 2.05) is 26.2 Å². The fourth-order valence-corrected chi connectivity index (χ4v) is 2.61. The molecular formula is C12H20N2O2S. The van der Waals surface area contributed by atoms with Gasteiger partial charge in [0, 0.05) is 28.9 Å². The maximum atomic E-state index is 10.6. The van der Waals surface area contributed by atoms with Crippen LogP contribution < -0.4 is 5.32 Å². The summed E-state index contributed by atoms with van der Waals surface area (Å²) in [4.78, 5) is 14.8. The molecule has 17 heavy (non-hydrogen) atoms. The standard InChI is InChI=1S/C12H20N2O2S/c1-9(8-14(2)3)13-7-11-5-4-10(17-11)6-12(15)16/h4-5,9,13H,6-8H2,1-3H3,(H,15,16). The van der Waals surface area contributed by atoms with Crippen LogP contribution >= 0.6 is 11.3 Å². The molecule has 4 nitrogen and oxygen atoms in total. The predicted molar refractivity (Wildman–Crippen MR) is 70.5 cm³/mol. The van der Waals surface area contributed by atoms with Crippen molar-refractivity contribution in [3.63, 3.8) is 0 Å². The van der Waals surface area contributed by atoms with Gasteiger partial charge in [-0.05, 0) is 33.2 Å². The Kier molecular flexibility index (Phi) is 5.61. The van der Waals surface area contributed by atoms with Crippen molar-refractivity contribution >= 4 is 17.3 Å². The molecule has 0 saturated carbocycles. The Balaban J connectivity index is 2.36. The minimum absolute atomic E-state index is 0.123. The number of thiophene rings is 1. The Morgan fingerprint density at radius 3 is 2.71 bits per heavy atom. The lowest BCUT2D eigenvalue weighted by Crippen LogP contribution is -2.35. The highest BCUT2D eigenvalue weighted by molar-refractivity contribution is 7.12. The Morgan fingerprint density at radius 1 is 1.47 bits per heavy atom. The number of hydrogen-bond acceptors (Lipinski definition) is 4. The van der Waals surface area contributed by atoms with Gasteiger partial charge in [0.25, 0.3) is 0 Å². The first kappa shape index (κ1) is 14.2. The third-order valence-electron chi connectivity index (χ3n) is 2.31. The molecule has 0 fully saturated rings. The Hall–Kier alpha value is -0.910. The minimum atomic E-state index is -0.771. The van der Waals surface area contributed by atoms with Gasteiger partial charge in [0.2, 0.25) is 0 Å². The summed E-state index contributed by atoms with van der Waals surface area (Å²) < 4.78 is 0. The van der Waals surface area contributed by atoms with Gasteiger partial charge in [-0.15, -0.1) is 11.3 Å². The highest BCUT2D eigenvalue weighted by atomic mass is 32.1. The third-order valence-corrected chi connectivity index (χ3v) is 3.39. The van der Waals surface area contributed by atoms with Crippen molar-refractivity contribution in [1.29, 1.82) is 0 Å². The van der Waals surface area contributed by atoms with Crippen molar-refractivity contribution in [3.05, 3.63) is 21.9 Å². The zero-order valence-corrected chi connectivity index (χ0v) is 11.4. The summed E-state index contributed by atoms with van der Waals surface area (Å²) in [6.45, 7) is 3.94. The minimum Gasteiger partial charge on any atom is -0.481 e. The van der Waals surface area contributed by atoms with Crippen LogP contribution in [0, 0.1) is 0 Å². The van der Waals surface area contributed by atoms with Crippen LogP contribution in [0.2, 0.25) is 0 Å². The van der Waals surface area contributed by atoms with Gasteiger partial charge >= 0.3 is 5.97 Å². The first-order valence-corrected chi connectivity index (χ1v) is 6.46. The van der Waals surface area contributed by atoms with Gasteiger partial charge in [-0.1, -0.05) is 0 Å². The maximum absolute atomic E-state index is 10.6. The van der Waals surface area contributed by atoms with E-state index in [4.69, 9.17) is 5.11 Å². The zero-order valence-electron chi connectivity index (χ0n) is 10.6. The lowest BCUT2D eigenvalue weighted by molar-refractivity contribution is -0.136. The highest BCUT2D eigenvalue weighted by Gasteiger charge is 2.06. The second-order valence-corrected chi connectivity index (χ2v) is 5.74. The quantitative estimate of drug-likeness (QED) is 0.774. The molecule has 2 N–H and O–H groups in total. The number of aliphatic carboxylic acids is 1. The molecule has 1 atom stereocenters. The summed E-state index contributed by atoms with van der Waals surface area (Å²) in [5, 5.41) is 12.1. The van der Waals surface area contributed by atoms with E-state index in [0.29, 0.717) is 6.04 Å². The number of nitrogens with one attached hydrogen (secondary N) is 1. The Labute approximate surface area is 106 Å². The van der Waals surface area contributed by atoms with Gasteiger partial charge < -0.3 is 15.3 Å². The van der Waals surface area contributed by atoms with Crippen molar-refractivity contribution < 1.29 is 9.90 Å². The molecule has 0 aliphatic heterocycles. The van der Waals surface area contributed by atoms with E-state index in [2.05, 4.69) is 17.1 Å². The van der Waals surface area contributed by atoms with E-state index in [-0.39, 0.29) is 6.42 Å². The lowest BCUT2D eigenvalue weighted by Gasteiger charge is -2.17. The number of carboxylic acid groups (broad SMARTS) is 1. The predicted octanol–water partition coefficient (Wildman–Crippen LogP) is 1.41. The Bertz CT molecular complexity index is 363. The van der Waals surface area contributed by atoms with Gasteiger partial charge in [-0.3, -0.25) is 4.79 Å². The van der Waals surface area contributed by atoms with Crippen molar-refractivity contribution in [1.82, 2.24) is 10.2 Å². The van der Waals surface area contributed by atoms with Crippen LogP contribution in [0.5, 0.6) is 0 Å². The summed E-state index contributed by atoms with van der Waals surface area (Å²) in [6, 6.07) is 4.32. The number of carboxylic acids is 1. The summed E-state index contributed by atoms with van der Waals surface area (Å²) >= 11 is 1.57. The first-order chi connectivity index (χ1) is 7.97. The lowest BCUT2D eigenvalue weighted by atomic mass is 10.3. The molecule has 0 saturated heterocycles. The van der Waals surface area contributed by atoms with Crippen LogP contribution in [0.25, 0.3) is 0 Å². The van der Waals surface area contributed by atoms with Gasteiger partial charge in [-0.2, -0.15) is 0 Å². The topological polar surface area (TPSA) is 52.6 Å². The molecule has 0 amide bonds. The Morgan fingerprint density at radius 2 is 2.12 bits per heavy atom. The molecule has 1 rings (SSSR count). The van der Waals surface area contributed by atoms with Crippen molar-refractivity contribution in [2.75, 3.05) is 20.6 Å². The van der Waals surface area contributed by atoms with Crippen molar-refractivity contribution in [2.24, 2.45) is 0 Å². The van der Waals surface area contributed by atoms with Crippen LogP contribution in [0.1, 0.15) is 16.7 Å². The molecule has 96 valence electrons. The highest BCUT2D eigenvalue weighted by Crippen LogP contribution is 2.16. The average molecular weight is 256 g/mol. The fraction of sp³-hybridized carbons (Fsp3) is 0.583. The number of hydrogen-bond donors (Lipinski definition) is 2. The molecule has 0 bridgehead atoms. The molecule has 0 radical (unpaired) electrons. The first-order valence-electron chi connectivity index (χ1n) is 5.65.